The minimum Gasteiger partial charge on any atom is -0.289 e. The summed E-state index contributed by atoms with van der Waals surface area (Å²) >= 11 is 1.11. The van der Waals surface area contributed by atoms with Gasteiger partial charge in [0.2, 0.25) is 5.12 Å². The lowest BCUT2D eigenvalue weighted by molar-refractivity contribution is 0.0978. The van der Waals surface area contributed by atoms with Crippen LogP contribution < -0.4 is 0 Å². The first kappa shape index (κ1) is 17.6. The van der Waals surface area contributed by atoms with Crippen molar-refractivity contribution < 1.29 is 14.4 Å². The van der Waals surface area contributed by atoms with E-state index in [1.165, 1.54) is 0 Å². The lowest BCUT2D eigenvalue weighted by Crippen LogP contribution is -2.21. The summed E-state index contributed by atoms with van der Waals surface area (Å²) < 4.78 is 0. The molecule has 0 aromatic heterocycles. The molecule has 1 aliphatic carbocycles. The second kappa shape index (κ2) is 6.83. The highest BCUT2D eigenvalue weighted by atomic mass is 32.2. The number of carbonyl (C=O) groups excluding carboxylic acids is 3. The molecule has 0 aliphatic heterocycles. The van der Waals surface area contributed by atoms with Crippen molar-refractivity contribution in [3.05, 3.63) is 113 Å². The van der Waals surface area contributed by atoms with Crippen LogP contribution in [0.4, 0.5) is 0 Å². The van der Waals surface area contributed by atoms with Gasteiger partial charge in [-0.25, -0.2) is 0 Å². The zero-order chi connectivity index (χ0) is 20.0. The summed E-state index contributed by atoms with van der Waals surface area (Å²) in [5.74, 6) is -0.406. The number of hydrogen-bond acceptors (Lipinski definition) is 4. The molecular formula is C25H14O3S. The summed E-state index contributed by atoms with van der Waals surface area (Å²) in [6, 6.07) is 25.4. The van der Waals surface area contributed by atoms with Crippen LogP contribution in [0.25, 0.3) is 10.8 Å². The van der Waals surface area contributed by atoms with Gasteiger partial charge in [0.05, 0.1) is 0 Å². The first-order chi connectivity index (χ1) is 14.1. The molecule has 0 fully saturated rings. The van der Waals surface area contributed by atoms with Crippen LogP contribution in [0.15, 0.2) is 89.8 Å². The number of fused-ring (bicyclic) bond motifs is 3. The van der Waals surface area contributed by atoms with Crippen LogP contribution in [0.3, 0.4) is 0 Å². The molecule has 0 N–H and O–H groups in total. The minimum atomic E-state index is -0.222. The highest BCUT2D eigenvalue weighted by Gasteiger charge is 2.30. The van der Waals surface area contributed by atoms with E-state index in [1.54, 1.807) is 42.5 Å². The molecule has 3 nitrogen and oxygen atoms in total. The van der Waals surface area contributed by atoms with Gasteiger partial charge < -0.3 is 0 Å². The first-order valence-electron chi connectivity index (χ1n) is 9.15. The van der Waals surface area contributed by atoms with Crippen molar-refractivity contribution in [2.45, 2.75) is 4.90 Å². The number of carbonyl (C=O) groups is 3. The van der Waals surface area contributed by atoms with Gasteiger partial charge in [-0.2, -0.15) is 0 Å². The SMILES string of the molecule is O=C(Sc1ccc2ccccc2c1)c1ccc2c(c1)C(=O)c1ccccc1C2=O. The lowest BCUT2D eigenvalue weighted by atomic mass is 9.83. The van der Waals surface area contributed by atoms with Gasteiger partial charge in [-0.3, -0.25) is 14.4 Å². The van der Waals surface area contributed by atoms with E-state index in [-0.39, 0.29) is 16.7 Å². The maximum Gasteiger partial charge on any atom is 0.224 e. The Morgan fingerprint density at radius 3 is 1.97 bits per heavy atom. The Kier molecular flexibility index (Phi) is 4.14. The summed E-state index contributed by atoms with van der Waals surface area (Å²) in [6.07, 6.45) is 0. The third kappa shape index (κ3) is 2.98. The molecule has 0 radical (unpaired) electrons. The molecule has 0 atom stereocenters. The van der Waals surface area contributed by atoms with E-state index in [9.17, 15) is 14.4 Å². The minimum absolute atomic E-state index is 0.165. The maximum atomic E-state index is 12.9. The van der Waals surface area contributed by atoms with Gasteiger partial charge in [0.1, 0.15) is 0 Å². The zero-order valence-electron chi connectivity index (χ0n) is 15.2. The van der Waals surface area contributed by atoms with Crippen molar-refractivity contribution >= 4 is 39.2 Å². The molecule has 0 saturated heterocycles. The fourth-order valence-corrected chi connectivity index (χ4v) is 4.40. The summed E-state index contributed by atoms with van der Waals surface area (Å²) in [6.45, 7) is 0. The van der Waals surface area contributed by atoms with Gasteiger partial charge in [0.15, 0.2) is 11.6 Å². The topological polar surface area (TPSA) is 51.2 Å². The van der Waals surface area contributed by atoms with Gasteiger partial charge in [0.25, 0.3) is 0 Å². The maximum absolute atomic E-state index is 12.9. The number of ketones is 2. The van der Waals surface area contributed by atoms with Gasteiger partial charge in [-0.05, 0) is 52.9 Å². The summed E-state index contributed by atoms with van der Waals surface area (Å²) in [5, 5.41) is 2.01. The average molecular weight is 394 g/mol. The Hall–Kier alpha value is -3.50. The van der Waals surface area contributed by atoms with Crippen molar-refractivity contribution in [2.75, 3.05) is 0 Å². The average Bonchev–Trinajstić information content (AvgIpc) is 2.77. The zero-order valence-corrected chi connectivity index (χ0v) is 16.0. The van der Waals surface area contributed by atoms with Crippen LogP contribution in [0, 0.1) is 0 Å². The van der Waals surface area contributed by atoms with E-state index in [0.29, 0.717) is 27.8 Å². The Morgan fingerprint density at radius 1 is 0.586 bits per heavy atom. The fraction of sp³-hybridized carbons (Fsp3) is 0. The molecule has 4 aromatic carbocycles. The van der Waals surface area contributed by atoms with Crippen LogP contribution in [0.1, 0.15) is 42.2 Å². The molecule has 0 heterocycles. The molecule has 1 aliphatic rings. The molecule has 0 unspecified atom stereocenters. The molecule has 0 bridgehead atoms. The highest BCUT2D eigenvalue weighted by Crippen LogP contribution is 2.31. The first-order valence-corrected chi connectivity index (χ1v) is 9.97. The third-order valence-corrected chi connectivity index (χ3v) is 6.00. The molecule has 4 aromatic rings. The second-order valence-corrected chi connectivity index (χ2v) is 7.91. The molecule has 5 rings (SSSR count). The molecule has 29 heavy (non-hydrogen) atoms. The second-order valence-electron chi connectivity index (χ2n) is 6.86. The number of benzene rings is 4. The summed E-state index contributed by atoms with van der Waals surface area (Å²) in [4.78, 5) is 39.2. The van der Waals surface area contributed by atoms with Crippen molar-refractivity contribution in [2.24, 2.45) is 0 Å². The van der Waals surface area contributed by atoms with E-state index >= 15 is 0 Å². The monoisotopic (exact) mass is 394 g/mol. The molecule has 138 valence electrons. The summed E-state index contributed by atoms with van der Waals surface area (Å²) in [7, 11) is 0. The quantitative estimate of drug-likeness (QED) is 0.369. The molecule has 4 heteroatoms. The van der Waals surface area contributed by atoms with Gasteiger partial charge in [-0.15, -0.1) is 0 Å². The fourth-order valence-electron chi connectivity index (χ4n) is 3.62. The van der Waals surface area contributed by atoms with Crippen molar-refractivity contribution in [3.63, 3.8) is 0 Å². The Bertz CT molecular complexity index is 1340. The Balaban J connectivity index is 1.48. The normalized spacial score (nSPS) is 12.6. The van der Waals surface area contributed by atoms with Crippen molar-refractivity contribution in [1.82, 2.24) is 0 Å². The number of thioether (sulfide) groups is 1. The molecule has 0 saturated carbocycles. The van der Waals surface area contributed by atoms with Crippen molar-refractivity contribution in [3.8, 4) is 0 Å². The highest BCUT2D eigenvalue weighted by molar-refractivity contribution is 8.14. The standard InChI is InChI=1S/C25H14O3S/c26-23-19-7-3-4-8-20(19)24(27)22-14-17(10-12-21(22)23)25(28)29-18-11-9-15-5-1-2-6-16(15)13-18/h1-14H. The molecule has 0 spiro atoms. The predicted octanol–water partition coefficient (Wildman–Crippen LogP) is 5.55. The largest absolute Gasteiger partial charge is 0.289 e. The van der Waals surface area contributed by atoms with Crippen LogP contribution in [-0.4, -0.2) is 16.7 Å². The number of hydrogen-bond donors (Lipinski definition) is 0. The Morgan fingerprint density at radius 2 is 1.21 bits per heavy atom. The van der Waals surface area contributed by atoms with Crippen LogP contribution in [0.5, 0.6) is 0 Å². The van der Waals surface area contributed by atoms with E-state index < -0.39 is 0 Å². The van der Waals surface area contributed by atoms with Gasteiger partial charge in [-0.1, -0.05) is 54.6 Å². The van der Waals surface area contributed by atoms with Crippen LogP contribution >= 0.6 is 11.8 Å². The van der Waals surface area contributed by atoms with Gasteiger partial charge >= 0.3 is 0 Å². The van der Waals surface area contributed by atoms with E-state index in [2.05, 4.69) is 0 Å². The van der Waals surface area contributed by atoms with Crippen molar-refractivity contribution in [1.29, 1.82) is 0 Å². The Labute approximate surface area is 171 Å². The van der Waals surface area contributed by atoms with Crippen LogP contribution in [-0.2, 0) is 0 Å². The van der Waals surface area contributed by atoms with E-state index in [0.717, 1.165) is 27.4 Å². The molecule has 0 amide bonds. The summed E-state index contributed by atoms with van der Waals surface area (Å²) in [5.41, 5.74) is 1.84. The van der Waals surface area contributed by atoms with Gasteiger partial charge in [0, 0.05) is 32.7 Å². The number of rotatable bonds is 2. The third-order valence-electron chi connectivity index (χ3n) is 5.09. The van der Waals surface area contributed by atoms with E-state index in [4.69, 9.17) is 0 Å². The lowest BCUT2D eigenvalue weighted by Gasteiger charge is -2.17. The molecular weight excluding hydrogens is 380 g/mol. The van der Waals surface area contributed by atoms with Crippen LogP contribution in [0.2, 0.25) is 0 Å². The van der Waals surface area contributed by atoms with E-state index in [1.807, 2.05) is 42.5 Å². The predicted molar refractivity (Wildman–Crippen MR) is 114 cm³/mol. The smallest absolute Gasteiger partial charge is 0.224 e.